The Kier molecular flexibility index (Phi) is 5.14. The molecule has 1 aromatic heterocycles. The lowest BCUT2D eigenvalue weighted by Gasteiger charge is -2.14. The third-order valence-electron chi connectivity index (χ3n) is 5.18. The summed E-state index contributed by atoms with van der Waals surface area (Å²) in [7, 11) is 0. The SMILES string of the molecule is O=c1c(OCc2cccc3ccccc23)c(-c2ccccc2Cl)oc2ccc(Cl)cc12. The number of fused-ring (bicyclic) bond motifs is 2. The van der Waals surface area contributed by atoms with Crippen LogP contribution < -0.4 is 10.2 Å². The fourth-order valence-electron chi connectivity index (χ4n) is 3.67. The molecule has 0 unspecified atom stereocenters. The summed E-state index contributed by atoms with van der Waals surface area (Å²) in [6.07, 6.45) is 0. The molecular formula is C26H16Cl2O3. The molecule has 5 heteroatoms. The summed E-state index contributed by atoms with van der Waals surface area (Å²) in [5.74, 6) is 0.404. The van der Waals surface area contributed by atoms with Gasteiger partial charge in [0.25, 0.3) is 0 Å². The molecule has 31 heavy (non-hydrogen) atoms. The average molecular weight is 447 g/mol. The molecule has 0 radical (unpaired) electrons. The van der Waals surface area contributed by atoms with E-state index in [9.17, 15) is 4.79 Å². The maximum Gasteiger partial charge on any atom is 0.235 e. The molecule has 0 aliphatic rings. The largest absolute Gasteiger partial charge is 0.481 e. The molecule has 0 saturated carbocycles. The van der Waals surface area contributed by atoms with Crippen molar-refractivity contribution in [1.29, 1.82) is 0 Å². The second-order valence-corrected chi connectivity index (χ2v) is 7.98. The summed E-state index contributed by atoms with van der Waals surface area (Å²) in [6, 6.07) is 26.2. The summed E-state index contributed by atoms with van der Waals surface area (Å²) in [5, 5.41) is 3.44. The van der Waals surface area contributed by atoms with E-state index in [0.717, 1.165) is 16.3 Å². The van der Waals surface area contributed by atoms with E-state index in [1.165, 1.54) is 0 Å². The van der Waals surface area contributed by atoms with Crippen LogP contribution in [0.2, 0.25) is 10.0 Å². The van der Waals surface area contributed by atoms with E-state index in [-0.39, 0.29) is 17.8 Å². The molecule has 152 valence electrons. The van der Waals surface area contributed by atoms with Gasteiger partial charge in [-0.15, -0.1) is 0 Å². The van der Waals surface area contributed by atoms with E-state index >= 15 is 0 Å². The second-order valence-electron chi connectivity index (χ2n) is 7.14. The third kappa shape index (κ3) is 3.67. The summed E-state index contributed by atoms with van der Waals surface area (Å²) in [6.45, 7) is 0.204. The third-order valence-corrected chi connectivity index (χ3v) is 5.75. The zero-order valence-corrected chi connectivity index (χ0v) is 17.8. The van der Waals surface area contributed by atoms with Crippen LogP contribution in [0.3, 0.4) is 0 Å². The van der Waals surface area contributed by atoms with Crippen molar-refractivity contribution in [2.45, 2.75) is 6.61 Å². The van der Waals surface area contributed by atoms with Crippen LogP contribution in [0.5, 0.6) is 5.75 Å². The van der Waals surface area contributed by atoms with E-state index in [1.807, 2.05) is 54.6 Å². The Labute approximate surface area is 188 Å². The molecule has 0 bridgehead atoms. The van der Waals surface area contributed by atoms with Crippen molar-refractivity contribution < 1.29 is 9.15 Å². The van der Waals surface area contributed by atoms with Gasteiger partial charge in [0.15, 0.2) is 5.76 Å². The van der Waals surface area contributed by atoms with Gasteiger partial charge >= 0.3 is 0 Å². The fourth-order valence-corrected chi connectivity index (χ4v) is 4.07. The molecule has 4 aromatic carbocycles. The van der Waals surface area contributed by atoms with Crippen molar-refractivity contribution in [1.82, 2.24) is 0 Å². The summed E-state index contributed by atoms with van der Waals surface area (Å²) in [4.78, 5) is 13.4. The number of ether oxygens (including phenoxy) is 1. The van der Waals surface area contributed by atoms with Gasteiger partial charge in [0.1, 0.15) is 12.2 Å². The number of halogens is 2. The smallest absolute Gasteiger partial charge is 0.235 e. The zero-order valence-electron chi connectivity index (χ0n) is 16.3. The molecule has 0 spiro atoms. The minimum absolute atomic E-state index is 0.107. The fraction of sp³-hybridized carbons (Fsp3) is 0.0385. The highest BCUT2D eigenvalue weighted by molar-refractivity contribution is 6.33. The maximum atomic E-state index is 13.4. The monoisotopic (exact) mass is 446 g/mol. The second kappa shape index (κ2) is 8.10. The Morgan fingerprint density at radius 3 is 2.45 bits per heavy atom. The molecule has 3 nitrogen and oxygen atoms in total. The summed E-state index contributed by atoms with van der Waals surface area (Å²) < 4.78 is 12.2. The van der Waals surface area contributed by atoms with Gasteiger partial charge in [0.2, 0.25) is 11.2 Å². The molecule has 0 saturated heterocycles. The Hall–Kier alpha value is -3.27. The Morgan fingerprint density at radius 1 is 0.806 bits per heavy atom. The summed E-state index contributed by atoms with van der Waals surface area (Å²) in [5.41, 5.74) is 1.68. The Balaban J connectivity index is 1.67. The Bertz CT molecular complexity index is 1480. The lowest BCUT2D eigenvalue weighted by Crippen LogP contribution is -2.10. The van der Waals surface area contributed by atoms with E-state index in [0.29, 0.717) is 32.3 Å². The Morgan fingerprint density at radius 2 is 1.58 bits per heavy atom. The van der Waals surface area contributed by atoms with E-state index < -0.39 is 0 Å². The van der Waals surface area contributed by atoms with Crippen LogP contribution in [0, 0.1) is 0 Å². The van der Waals surface area contributed by atoms with Crippen molar-refractivity contribution >= 4 is 44.9 Å². The van der Waals surface area contributed by atoms with E-state index in [1.54, 1.807) is 30.3 Å². The van der Waals surface area contributed by atoms with Crippen molar-refractivity contribution in [3.63, 3.8) is 0 Å². The molecule has 1 heterocycles. The van der Waals surface area contributed by atoms with Crippen LogP contribution in [0.15, 0.2) is 94.1 Å². The number of benzene rings is 4. The van der Waals surface area contributed by atoms with Crippen molar-refractivity contribution in [2.75, 3.05) is 0 Å². The minimum Gasteiger partial charge on any atom is -0.481 e. The van der Waals surface area contributed by atoms with Crippen LogP contribution in [-0.4, -0.2) is 0 Å². The van der Waals surface area contributed by atoms with E-state index in [2.05, 4.69) is 0 Å². The van der Waals surface area contributed by atoms with Gasteiger partial charge in [-0.3, -0.25) is 4.79 Å². The number of hydrogen-bond acceptors (Lipinski definition) is 3. The summed E-state index contributed by atoms with van der Waals surface area (Å²) >= 11 is 12.5. The standard InChI is InChI=1S/C26H16Cl2O3/c27-18-12-13-23-21(14-18)24(29)26(25(31-23)20-10-3-4-11-22(20)28)30-15-17-8-5-7-16-6-1-2-9-19(16)17/h1-14H,15H2. The molecule has 0 atom stereocenters. The normalized spacial score (nSPS) is 11.2. The maximum absolute atomic E-state index is 13.4. The zero-order chi connectivity index (χ0) is 21.4. The topological polar surface area (TPSA) is 39.4 Å². The highest BCUT2D eigenvalue weighted by Gasteiger charge is 2.20. The predicted molar refractivity (Wildman–Crippen MR) is 126 cm³/mol. The van der Waals surface area contributed by atoms with Gasteiger partial charge in [0.05, 0.1) is 10.4 Å². The average Bonchev–Trinajstić information content (AvgIpc) is 2.79. The van der Waals surface area contributed by atoms with Gasteiger partial charge < -0.3 is 9.15 Å². The van der Waals surface area contributed by atoms with Crippen LogP contribution in [0.25, 0.3) is 33.1 Å². The molecule has 0 N–H and O–H groups in total. The van der Waals surface area contributed by atoms with Crippen molar-refractivity contribution in [3.8, 4) is 17.1 Å². The van der Waals surface area contributed by atoms with Crippen LogP contribution in [0.1, 0.15) is 5.56 Å². The highest BCUT2D eigenvalue weighted by Crippen LogP contribution is 2.36. The van der Waals surface area contributed by atoms with Crippen LogP contribution in [-0.2, 0) is 6.61 Å². The first-order chi connectivity index (χ1) is 15.1. The molecule has 5 rings (SSSR count). The molecule has 5 aromatic rings. The molecule has 0 fully saturated rings. The van der Waals surface area contributed by atoms with E-state index in [4.69, 9.17) is 32.4 Å². The van der Waals surface area contributed by atoms with Crippen LogP contribution in [0.4, 0.5) is 0 Å². The lowest BCUT2D eigenvalue weighted by molar-refractivity contribution is 0.299. The van der Waals surface area contributed by atoms with Gasteiger partial charge in [-0.25, -0.2) is 0 Å². The molecule has 0 aliphatic carbocycles. The first-order valence-electron chi connectivity index (χ1n) is 9.72. The first kappa shape index (κ1) is 19.7. The van der Waals surface area contributed by atoms with Crippen LogP contribution >= 0.6 is 23.2 Å². The molecule has 0 aliphatic heterocycles. The molecule has 0 amide bonds. The van der Waals surface area contributed by atoms with Gasteiger partial charge in [-0.2, -0.15) is 0 Å². The quantitative estimate of drug-likeness (QED) is 0.286. The van der Waals surface area contributed by atoms with Gasteiger partial charge in [-0.1, -0.05) is 77.8 Å². The van der Waals surface area contributed by atoms with Crippen molar-refractivity contribution in [3.05, 3.63) is 111 Å². The molecular weight excluding hydrogens is 431 g/mol. The number of rotatable bonds is 4. The van der Waals surface area contributed by atoms with Crippen molar-refractivity contribution in [2.24, 2.45) is 0 Å². The highest BCUT2D eigenvalue weighted by atomic mass is 35.5. The van der Waals surface area contributed by atoms with Gasteiger partial charge in [0, 0.05) is 10.6 Å². The lowest BCUT2D eigenvalue weighted by atomic mass is 10.1. The number of hydrogen-bond donors (Lipinski definition) is 0. The predicted octanol–water partition coefficient (Wildman–Crippen LogP) is 7.50. The minimum atomic E-state index is -0.293. The first-order valence-corrected chi connectivity index (χ1v) is 10.5. The van der Waals surface area contributed by atoms with Gasteiger partial charge in [-0.05, 0) is 46.7 Å².